The molecular weight excluding hydrogens is 406 g/mol. The smallest absolute Gasteiger partial charge is 0.137 e. The molecule has 0 radical (unpaired) electrons. The Hall–Kier alpha value is -2.97. The lowest BCUT2D eigenvalue weighted by atomic mass is 10.0. The Labute approximate surface area is 188 Å². The maximum absolute atomic E-state index is 9.85. The molecule has 32 heavy (non-hydrogen) atoms. The number of hydrogen-bond acceptors (Lipinski definition) is 6. The van der Waals surface area contributed by atoms with E-state index >= 15 is 0 Å². The first-order valence-corrected chi connectivity index (χ1v) is 10.6. The lowest BCUT2D eigenvalue weighted by molar-refractivity contribution is 0.152. The van der Waals surface area contributed by atoms with Crippen molar-refractivity contribution in [1.82, 2.24) is 9.55 Å². The molecule has 0 unspecified atom stereocenters. The highest BCUT2D eigenvalue weighted by Crippen LogP contribution is 2.24. The summed E-state index contributed by atoms with van der Waals surface area (Å²) in [4.78, 5) is 4.17. The van der Waals surface area contributed by atoms with Crippen molar-refractivity contribution in [3.63, 3.8) is 0 Å². The maximum Gasteiger partial charge on any atom is 0.137 e. The lowest BCUT2D eigenvalue weighted by Gasteiger charge is -2.16. The van der Waals surface area contributed by atoms with Gasteiger partial charge in [-0.1, -0.05) is 48.6 Å². The molecule has 170 valence electrons. The summed E-state index contributed by atoms with van der Waals surface area (Å²) in [5, 5.41) is 19.6. The van der Waals surface area contributed by atoms with E-state index < -0.39 is 6.10 Å². The molecule has 3 rings (SSSR count). The van der Waals surface area contributed by atoms with E-state index in [-0.39, 0.29) is 18.7 Å². The molecule has 3 aromatic rings. The normalized spacial score (nSPS) is 14.4. The summed E-state index contributed by atoms with van der Waals surface area (Å²) >= 11 is 0. The number of benzene rings is 2. The van der Waals surface area contributed by atoms with Gasteiger partial charge in [0.15, 0.2) is 0 Å². The fourth-order valence-corrected chi connectivity index (χ4v) is 3.39. The fourth-order valence-electron chi connectivity index (χ4n) is 3.39. The molecule has 2 aromatic carbocycles. The molecule has 0 saturated carbocycles. The molecule has 0 saturated heterocycles. The number of hydrogen-bond donors (Lipinski definition) is 3. The Morgan fingerprint density at radius 1 is 1.06 bits per heavy atom. The van der Waals surface area contributed by atoms with Gasteiger partial charge in [0.05, 0.1) is 25.3 Å². The SMILES string of the molecule is COC[C@H](N)COc1ccc(-c2ccc(/C=C/[C@@H](CO)n3ccnc3[C@H](C)O)cc2)cc1. The second-order valence-corrected chi connectivity index (χ2v) is 7.65. The quantitative estimate of drug-likeness (QED) is 0.426. The number of ether oxygens (including phenoxy) is 2. The van der Waals surface area contributed by atoms with Crippen LogP contribution in [0.1, 0.15) is 30.5 Å². The van der Waals surface area contributed by atoms with Crippen molar-refractivity contribution in [1.29, 1.82) is 0 Å². The molecule has 0 aliphatic carbocycles. The van der Waals surface area contributed by atoms with Crippen molar-refractivity contribution in [2.75, 3.05) is 26.9 Å². The molecule has 0 fully saturated rings. The van der Waals surface area contributed by atoms with E-state index in [1.807, 2.05) is 48.6 Å². The summed E-state index contributed by atoms with van der Waals surface area (Å²) in [6.45, 7) is 2.43. The third-order valence-corrected chi connectivity index (χ3v) is 5.07. The third-order valence-electron chi connectivity index (χ3n) is 5.07. The standard InChI is InChI=1S/C25H31N3O4/c1-18(30)25-27-13-14-28(25)23(15-29)10-5-19-3-6-20(7-4-19)21-8-11-24(12-9-21)32-17-22(26)16-31-2/h3-14,18,22-23,29-30H,15-17,26H2,1-2H3/b10-5+/t18-,22-,23-/m0/s1. The molecule has 0 aliphatic rings. The van der Waals surface area contributed by atoms with Crippen LogP contribution in [0.15, 0.2) is 67.0 Å². The number of imidazole rings is 1. The minimum atomic E-state index is -0.703. The average molecular weight is 438 g/mol. The van der Waals surface area contributed by atoms with Gasteiger partial charge in [-0.15, -0.1) is 0 Å². The Balaban J connectivity index is 1.63. The van der Waals surface area contributed by atoms with Gasteiger partial charge in [0.1, 0.15) is 24.3 Å². The van der Waals surface area contributed by atoms with Crippen LogP contribution in [0, 0.1) is 0 Å². The van der Waals surface area contributed by atoms with Crippen molar-refractivity contribution >= 4 is 6.08 Å². The number of rotatable bonds is 11. The second-order valence-electron chi connectivity index (χ2n) is 7.65. The molecule has 0 aliphatic heterocycles. The summed E-state index contributed by atoms with van der Waals surface area (Å²) in [6.07, 6.45) is 6.54. The zero-order valence-corrected chi connectivity index (χ0v) is 18.5. The Bertz CT molecular complexity index is 981. The molecule has 0 amide bonds. The summed E-state index contributed by atoms with van der Waals surface area (Å²) in [7, 11) is 1.62. The third kappa shape index (κ3) is 6.27. The molecule has 0 spiro atoms. The van der Waals surface area contributed by atoms with Crippen LogP contribution >= 0.6 is 0 Å². The molecule has 3 atom stereocenters. The van der Waals surface area contributed by atoms with E-state index in [0.29, 0.717) is 19.0 Å². The molecule has 4 N–H and O–H groups in total. The van der Waals surface area contributed by atoms with Crippen LogP contribution in [-0.2, 0) is 4.74 Å². The highest BCUT2D eigenvalue weighted by molar-refractivity contribution is 5.66. The van der Waals surface area contributed by atoms with Gasteiger partial charge in [-0.25, -0.2) is 4.98 Å². The van der Waals surface area contributed by atoms with Gasteiger partial charge < -0.3 is 30.0 Å². The Morgan fingerprint density at radius 3 is 2.31 bits per heavy atom. The molecular formula is C25H31N3O4. The predicted molar refractivity (Wildman–Crippen MR) is 125 cm³/mol. The van der Waals surface area contributed by atoms with Crippen LogP contribution < -0.4 is 10.5 Å². The molecule has 0 bridgehead atoms. The molecule has 7 heteroatoms. The van der Waals surface area contributed by atoms with Crippen molar-refractivity contribution in [3.8, 4) is 16.9 Å². The van der Waals surface area contributed by atoms with Crippen LogP contribution in [-0.4, -0.2) is 52.7 Å². The van der Waals surface area contributed by atoms with Crippen molar-refractivity contribution in [2.24, 2.45) is 5.73 Å². The highest BCUT2D eigenvalue weighted by Gasteiger charge is 2.14. The van der Waals surface area contributed by atoms with Gasteiger partial charge in [-0.05, 0) is 35.7 Å². The first-order chi connectivity index (χ1) is 15.5. The van der Waals surface area contributed by atoms with E-state index in [2.05, 4.69) is 17.1 Å². The van der Waals surface area contributed by atoms with E-state index in [9.17, 15) is 10.2 Å². The monoisotopic (exact) mass is 437 g/mol. The van der Waals surface area contributed by atoms with Crippen LogP contribution in [0.25, 0.3) is 17.2 Å². The maximum atomic E-state index is 9.85. The molecule has 7 nitrogen and oxygen atoms in total. The zero-order valence-electron chi connectivity index (χ0n) is 18.5. The van der Waals surface area contributed by atoms with E-state index in [1.54, 1.807) is 31.0 Å². The lowest BCUT2D eigenvalue weighted by Crippen LogP contribution is -2.32. The van der Waals surface area contributed by atoms with Gasteiger partial charge in [-0.2, -0.15) is 0 Å². The van der Waals surface area contributed by atoms with Crippen molar-refractivity contribution < 1.29 is 19.7 Å². The zero-order chi connectivity index (χ0) is 22.9. The van der Waals surface area contributed by atoms with Gasteiger partial charge >= 0.3 is 0 Å². The van der Waals surface area contributed by atoms with Gasteiger partial charge in [0.25, 0.3) is 0 Å². The number of nitrogens with zero attached hydrogens (tertiary/aromatic N) is 2. The van der Waals surface area contributed by atoms with Crippen LogP contribution in [0.2, 0.25) is 0 Å². The number of aliphatic hydroxyl groups is 2. The van der Waals surface area contributed by atoms with Gasteiger partial charge in [-0.3, -0.25) is 0 Å². The number of aromatic nitrogens is 2. The van der Waals surface area contributed by atoms with E-state index in [0.717, 1.165) is 22.4 Å². The number of nitrogens with two attached hydrogens (primary N) is 1. The fraction of sp³-hybridized carbons (Fsp3) is 0.320. The first-order valence-electron chi connectivity index (χ1n) is 10.6. The van der Waals surface area contributed by atoms with E-state index in [4.69, 9.17) is 15.2 Å². The summed E-state index contributed by atoms with van der Waals surface area (Å²) in [6, 6.07) is 15.6. The van der Waals surface area contributed by atoms with Gasteiger partial charge in [0, 0.05) is 19.5 Å². The highest BCUT2D eigenvalue weighted by atomic mass is 16.5. The van der Waals surface area contributed by atoms with Crippen LogP contribution in [0.4, 0.5) is 0 Å². The number of methoxy groups -OCH3 is 1. The van der Waals surface area contributed by atoms with Gasteiger partial charge in [0.2, 0.25) is 0 Å². The van der Waals surface area contributed by atoms with Crippen LogP contribution in [0.5, 0.6) is 5.75 Å². The first kappa shape index (κ1) is 23.7. The predicted octanol–water partition coefficient (Wildman–Crippen LogP) is 3.20. The Morgan fingerprint density at radius 2 is 1.72 bits per heavy atom. The van der Waals surface area contributed by atoms with E-state index in [1.165, 1.54) is 0 Å². The minimum Gasteiger partial charge on any atom is -0.492 e. The minimum absolute atomic E-state index is 0.0878. The topological polar surface area (TPSA) is 103 Å². The molecule has 1 aromatic heterocycles. The van der Waals surface area contributed by atoms with Crippen molar-refractivity contribution in [2.45, 2.75) is 25.1 Å². The Kier molecular flexibility index (Phi) is 8.58. The second kappa shape index (κ2) is 11.6. The van der Waals surface area contributed by atoms with Crippen molar-refractivity contribution in [3.05, 3.63) is 78.4 Å². The largest absolute Gasteiger partial charge is 0.492 e. The number of aliphatic hydroxyl groups excluding tert-OH is 2. The summed E-state index contributed by atoms with van der Waals surface area (Å²) < 4.78 is 12.5. The molecule has 1 heterocycles. The van der Waals surface area contributed by atoms with Crippen LogP contribution in [0.3, 0.4) is 0 Å². The summed E-state index contributed by atoms with van der Waals surface area (Å²) in [5.74, 6) is 1.29. The summed E-state index contributed by atoms with van der Waals surface area (Å²) in [5.41, 5.74) is 9.07. The average Bonchev–Trinajstić information content (AvgIpc) is 3.29.